The molecule has 1 fully saturated rings. The second-order valence-corrected chi connectivity index (χ2v) is 7.62. The molecule has 1 heterocycles. The van der Waals surface area contributed by atoms with Crippen LogP contribution < -0.4 is 0 Å². The zero-order valence-electron chi connectivity index (χ0n) is 15.8. The lowest BCUT2D eigenvalue weighted by atomic mass is 10.2. The molecule has 1 aliphatic rings. The highest BCUT2D eigenvalue weighted by molar-refractivity contribution is 7.71. The maximum absolute atomic E-state index is 5.83. The van der Waals surface area contributed by atoms with E-state index in [4.69, 9.17) is 17.3 Å². The Labute approximate surface area is 166 Å². The van der Waals surface area contributed by atoms with Gasteiger partial charge in [0.05, 0.1) is 13.2 Å². The number of rotatable bonds is 8. The van der Waals surface area contributed by atoms with E-state index in [1.165, 1.54) is 24.0 Å². The molecular weight excluding hydrogens is 352 g/mol. The summed E-state index contributed by atoms with van der Waals surface area (Å²) in [7, 11) is 0. The van der Waals surface area contributed by atoms with Crippen LogP contribution in [-0.2, 0) is 19.8 Å². The average molecular weight is 379 g/mol. The predicted molar refractivity (Wildman–Crippen MR) is 111 cm³/mol. The fourth-order valence-corrected chi connectivity index (χ4v) is 3.66. The van der Waals surface area contributed by atoms with Crippen LogP contribution in [0, 0.1) is 4.77 Å². The van der Waals surface area contributed by atoms with Gasteiger partial charge in [0.25, 0.3) is 0 Å². The van der Waals surface area contributed by atoms with E-state index < -0.39 is 0 Å². The summed E-state index contributed by atoms with van der Waals surface area (Å²) in [6, 6.07) is 21.1. The van der Waals surface area contributed by atoms with Crippen molar-refractivity contribution in [1.82, 2.24) is 19.2 Å². The summed E-state index contributed by atoms with van der Waals surface area (Å²) >= 11 is 5.83. The highest BCUT2D eigenvalue weighted by Gasteiger charge is 2.30. The summed E-state index contributed by atoms with van der Waals surface area (Å²) in [5.41, 5.74) is 2.59. The zero-order valence-corrected chi connectivity index (χ0v) is 16.6. The Morgan fingerprint density at radius 3 is 2.22 bits per heavy atom. The van der Waals surface area contributed by atoms with E-state index in [9.17, 15) is 0 Å². The second kappa shape index (κ2) is 8.19. The lowest BCUT2D eigenvalue weighted by Gasteiger charge is -2.20. The van der Waals surface area contributed by atoms with Gasteiger partial charge in [0, 0.05) is 12.5 Å². The fraction of sp³-hybridized carbons (Fsp3) is 0.364. The topological polar surface area (TPSA) is 26.0 Å². The van der Waals surface area contributed by atoms with Crippen molar-refractivity contribution in [1.29, 1.82) is 0 Å². The van der Waals surface area contributed by atoms with Crippen LogP contribution in [0.2, 0.25) is 0 Å². The first-order chi connectivity index (χ1) is 13.2. The number of nitrogens with zero attached hydrogens (tertiary/aromatic N) is 4. The Morgan fingerprint density at radius 2 is 1.63 bits per heavy atom. The summed E-state index contributed by atoms with van der Waals surface area (Å²) in [6.07, 6.45) is 2.45. The van der Waals surface area contributed by atoms with Gasteiger partial charge in [-0.15, -0.1) is 0 Å². The Bertz CT molecular complexity index is 926. The van der Waals surface area contributed by atoms with Crippen molar-refractivity contribution in [2.75, 3.05) is 6.54 Å². The third-order valence-corrected chi connectivity index (χ3v) is 5.54. The van der Waals surface area contributed by atoms with Gasteiger partial charge in [-0.05, 0) is 42.7 Å². The molecule has 4 nitrogen and oxygen atoms in total. The van der Waals surface area contributed by atoms with E-state index in [2.05, 4.69) is 77.1 Å². The van der Waals surface area contributed by atoms with Crippen LogP contribution in [0.15, 0.2) is 60.7 Å². The molecule has 1 aromatic heterocycles. The number of hydrogen-bond donors (Lipinski definition) is 0. The van der Waals surface area contributed by atoms with E-state index in [-0.39, 0.29) is 0 Å². The van der Waals surface area contributed by atoms with Gasteiger partial charge in [0.1, 0.15) is 5.82 Å². The minimum absolute atomic E-state index is 0.570. The molecule has 0 spiro atoms. The molecule has 0 amide bonds. The lowest BCUT2D eigenvalue weighted by molar-refractivity contribution is 0.207. The molecule has 2 aromatic carbocycles. The first kappa shape index (κ1) is 18.1. The Hall–Kier alpha value is -2.24. The quantitative estimate of drug-likeness (QED) is 0.526. The summed E-state index contributed by atoms with van der Waals surface area (Å²) < 4.78 is 5.07. The maximum atomic E-state index is 5.83. The van der Waals surface area contributed by atoms with E-state index in [0.29, 0.717) is 5.92 Å². The van der Waals surface area contributed by atoms with E-state index in [1.54, 1.807) is 0 Å². The normalized spacial score (nSPS) is 14.0. The van der Waals surface area contributed by atoms with Crippen molar-refractivity contribution in [3.63, 3.8) is 0 Å². The molecule has 3 aromatic rings. The molecule has 140 valence electrons. The third-order valence-electron chi connectivity index (χ3n) is 5.11. The van der Waals surface area contributed by atoms with Crippen LogP contribution in [0.3, 0.4) is 0 Å². The molecule has 1 aliphatic carbocycles. The standard InChI is InChI=1S/C22H26N4S/c1-2-24(15-18-9-5-3-6-10-18)17-26-22(27)25(21(23-26)20-13-14-20)16-19-11-7-4-8-12-19/h3-12,20H,2,13-17H2,1H3. The van der Waals surface area contributed by atoms with Crippen LogP contribution in [0.4, 0.5) is 0 Å². The Balaban J connectivity index is 1.57. The Morgan fingerprint density at radius 1 is 1.00 bits per heavy atom. The minimum atomic E-state index is 0.570. The van der Waals surface area contributed by atoms with Gasteiger partial charge in [-0.3, -0.25) is 9.47 Å². The van der Waals surface area contributed by atoms with Crippen LogP contribution in [0.1, 0.15) is 42.6 Å². The van der Waals surface area contributed by atoms with Crippen molar-refractivity contribution in [3.05, 3.63) is 82.4 Å². The summed E-state index contributed by atoms with van der Waals surface area (Å²) in [4.78, 5) is 2.38. The van der Waals surface area contributed by atoms with Gasteiger partial charge in [-0.25, -0.2) is 4.68 Å². The largest absolute Gasteiger partial charge is 0.299 e. The summed E-state index contributed by atoms with van der Waals surface area (Å²) in [6.45, 7) is 5.59. The molecule has 5 heteroatoms. The van der Waals surface area contributed by atoms with Gasteiger partial charge in [-0.2, -0.15) is 5.10 Å². The van der Waals surface area contributed by atoms with Gasteiger partial charge >= 0.3 is 0 Å². The van der Waals surface area contributed by atoms with Gasteiger partial charge in [-0.1, -0.05) is 67.6 Å². The SMILES string of the molecule is CCN(Cc1ccccc1)Cn1nc(C2CC2)n(Cc2ccccc2)c1=S. The van der Waals surface area contributed by atoms with Gasteiger partial charge in [0.2, 0.25) is 0 Å². The molecule has 0 bridgehead atoms. The number of aromatic nitrogens is 3. The predicted octanol–water partition coefficient (Wildman–Crippen LogP) is 4.82. The lowest BCUT2D eigenvalue weighted by Crippen LogP contribution is -2.26. The molecule has 1 saturated carbocycles. The molecule has 0 saturated heterocycles. The average Bonchev–Trinajstić information content (AvgIpc) is 3.51. The van der Waals surface area contributed by atoms with Crippen LogP contribution >= 0.6 is 12.2 Å². The smallest absolute Gasteiger partial charge is 0.199 e. The molecule has 0 N–H and O–H groups in total. The molecule has 0 unspecified atom stereocenters. The fourth-order valence-electron chi connectivity index (χ4n) is 3.40. The van der Waals surface area contributed by atoms with Crippen LogP contribution in [0.25, 0.3) is 0 Å². The van der Waals surface area contributed by atoms with Crippen molar-refractivity contribution < 1.29 is 0 Å². The van der Waals surface area contributed by atoms with Crippen molar-refractivity contribution in [2.24, 2.45) is 0 Å². The monoisotopic (exact) mass is 378 g/mol. The van der Waals surface area contributed by atoms with E-state index in [1.807, 2.05) is 4.68 Å². The molecule has 0 atom stereocenters. The molecule has 4 rings (SSSR count). The highest BCUT2D eigenvalue weighted by Crippen LogP contribution is 2.39. The van der Waals surface area contributed by atoms with Crippen LogP contribution in [-0.4, -0.2) is 25.8 Å². The molecule has 27 heavy (non-hydrogen) atoms. The van der Waals surface area contributed by atoms with E-state index >= 15 is 0 Å². The second-order valence-electron chi connectivity index (χ2n) is 7.26. The van der Waals surface area contributed by atoms with Crippen molar-refractivity contribution in [3.8, 4) is 0 Å². The molecule has 0 aliphatic heterocycles. The molecule has 0 radical (unpaired) electrons. The number of hydrogen-bond acceptors (Lipinski definition) is 3. The van der Waals surface area contributed by atoms with Crippen LogP contribution in [0.5, 0.6) is 0 Å². The number of benzene rings is 2. The maximum Gasteiger partial charge on any atom is 0.199 e. The summed E-state index contributed by atoms with van der Waals surface area (Å²) in [5.74, 6) is 1.72. The van der Waals surface area contributed by atoms with Crippen molar-refractivity contribution in [2.45, 2.75) is 45.4 Å². The van der Waals surface area contributed by atoms with Crippen molar-refractivity contribution >= 4 is 12.2 Å². The van der Waals surface area contributed by atoms with E-state index in [0.717, 1.165) is 36.9 Å². The third kappa shape index (κ3) is 4.37. The van der Waals surface area contributed by atoms with Gasteiger partial charge < -0.3 is 0 Å². The first-order valence-electron chi connectivity index (χ1n) is 9.72. The Kier molecular flexibility index (Phi) is 5.50. The highest BCUT2D eigenvalue weighted by atomic mass is 32.1. The summed E-state index contributed by atoms with van der Waals surface area (Å²) in [5, 5.41) is 4.93. The zero-order chi connectivity index (χ0) is 18.6. The van der Waals surface area contributed by atoms with Gasteiger partial charge in [0.15, 0.2) is 4.77 Å². The minimum Gasteiger partial charge on any atom is -0.299 e. The first-order valence-corrected chi connectivity index (χ1v) is 10.1. The molecular formula is C22H26N4S.